The van der Waals surface area contributed by atoms with Crippen molar-refractivity contribution in [1.29, 1.82) is 0 Å². The summed E-state index contributed by atoms with van der Waals surface area (Å²) in [6.45, 7) is 0. The largest absolute Gasteiger partial charge is 0.271 e. The molecule has 1 heterocycles. The van der Waals surface area contributed by atoms with E-state index in [0.717, 1.165) is 0 Å². The van der Waals surface area contributed by atoms with E-state index in [9.17, 15) is 25.0 Å². The summed E-state index contributed by atoms with van der Waals surface area (Å²) in [5, 5.41) is 22.4. The number of nitro benzene ring substituents is 2. The molecule has 0 saturated heterocycles. The second-order valence-electron chi connectivity index (χ2n) is 6.59. The van der Waals surface area contributed by atoms with Gasteiger partial charge in [-0.25, -0.2) is 4.98 Å². The molecule has 31 heavy (non-hydrogen) atoms. The van der Waals surface area contributed by atoms with Gasteiger partial charge in [0.25, 0.3) is 16.9 Å². The van der Waals surface area contributed by atoms with Crippen LogP contribution in [0.2, 0.25) is 0 Å². The van der Waals surface area contributed by atoms with Gasteiger partial charge in [-0.1, -0.05) is 24.3 Å². The minimum atomic E-state index is -0.532. The molecule has 0 unspecified atom stereocenters. The molecule has 4 rings (SSSR count). The molecule has 1 aromatic heterocycles. The number of benzene rings is 3. The molecule has 0 fully saturated rings. The highest BCUT2D eigenvalue weighted by Gasteiger charge is 2.14. The number of non-ortho nitro benzene ring substituents is 2. The molecule has 0 saturated carbocycles. The molecule has 152 valence electrons. The zero-order chi connectivity index (χ0) is 22.0. The van der Waals surface area contributed by atoms with Crippen LogP contribution in [0.25, 0.3) is 28.7 Å². The van der Waals surface area contributed by atoms with Crippen molar-refractivity contribution < 1.29 is 9.85 Å². The van der Waals surface area contributed by atoms with E-state index in [1.54, 1.807) is 54.6 Å². The second kappa shape index (κ2) is 7.99. The summed E-state index contributed by atoms with van der Waals surface area (Å²) in [4.78, 5) is 38.7. The van der Waals surface area contributed by atoms with Crippen molar-refractivity contribution in [3.63, 3.8) is 0 Å². The van der Waals surface area contributed by atoms with E-state index in [4.69, 9.17) is 0 Å². The third-order valence-corrected chi connectivity index (χ3v) is 4.63. The first-order valence-corrected chi connectivity index (χ1v) is 9.13. The van der Waals surface area contributed by atoms with Crippen LogP contribution >= 0.6 is 0 Å². The van der Waals surface area contributed by atoms with Crippen molar-refractivity contribution >= 4 is 34.4 Å². The van der Waals surface area contributed by atoms with Crippen LogP contribution in [0.3, 0.4) is 0 Å². The Hall–Kier alpha value is -4.66. The summed E-state index contributed by atoms with van der Waals surface area (Å²) in [5.74, 6) is 0.266. The van der Waals surface area contributed by atoms with Crippen LogP contribution in [0.5, 0.6) is 0 Å². The van der Waals surface area contributed by atoms with Crippen molar-refractivity contribution in [2.75, 3.05) is 0 Å². The van der Waals surface area contributed by atoms with Gasteiger partial charge < -0.3 is 0 Å². The van der Waals surface area contributed by atoms with Gasteiger partial charge in [-0.05, 0) is 42.0 Å². The number of nitro groups is 2. The third kappa shape index (κ3) is 3.92. The fourth-order valence-corrected chi connectivity index (χ4v) is 3.13. The molecule has 0 bridgehead atoms. The van der Waals surface area contributed by atoms with Crippen LogP contribution in [0, 0.1) is 20.2 Å². The summed E-state index contributed by atoms with van der Waals surface area (Å²) in [6, 6.07) is 18.5. The molecule has 0 aliphatic rings. The molecule has 9 heteroatoms. The van der Waals surface area contributed by atoms with Crippen molar-refractivity contribution in [2.24, 2.45) is 0 Å². The molecule has 0 amide bonds. The Balaban J connectivity index is 1.88. The number of nitrogens with zero attached hydrogens (tertiary/aromatic N) is 4. The molecule has 4 aromatic rings. The van der Waals surface area contributed by atoms with E-state index >= 15 is 0 Å². The average Bonchev–Trinajstić information content (AvgIpc) is 2.78. The predicted octanol–water partition coefficient (Wildman–Crippen LogP) is 4.37. The van der Waals surface area contributed by atoms with Crippen LogP contribution in [0.15, 0.2) is 77.6 Å². The quantitative estimate of drug-likeness (QED) is 0.353. The minimum absolute atomic E-state index is 0.0329. The fourth-order valence-electron chi connectivity index (χ4n) is 3.13. The van der Waals surface area contributed by atoms with Gasteiger partial charge in [0.15, 0.2) is 0 Å². The molecule has 3 aromatic carbocycles. The van der Waals surface area contributed by atoms with Gasteiger partial charge in [0, 0.05) is 24.3 Å². The van der Waals surface area contributed by atoms with Gasteiger partial charge in [0.2, 0.25) is 0 Å². The molecule has 0 N–H and O–H groups in total. The number of hydrogen-bond acceptors (Lipinski definition) is 6. The average molecular weight is 414 g/mol. The maximum atomic E-state index is 13.2. The Bertz CT molecular complexity index is 1410. The standard InChI is InChI=1S/C22H14N4O5/c27-22-19-6-1-2-7-20(19)23-21(13-10-15-8-11-16(12-9-15)25(28)29)24(22)17-4-3-5-18(14-17)26(30)31/h1-14H/b13-10+. The first-order chi connectivity index (χ1) is 14.9. The van der Waals surface area contributed by atoms with Gasteiger partial charge >= 0.3 is 0 Å². The third-order valence-electron chi connectivity index (χ3n) is 4.63. The van der Waals surface area contributed by atoms with E-state index < -0.39 is 9.85 Å². The van der Waals surface area contributed by atoms with Crippen LogP contribution in [0.4, 0.5) is 11.4 Å². The Morgan fingerprint density at radius 3 is 2.23 bits per heavy atom. The number of para-hydroxylation sites is 1. The molecular weight excluding hydrogens is 400 g/mol. The van der Waals surface area contributed by atoms with Gasteiger partial charge in [-0.15, -0.1) is 0 Å². The number of hydrogen-bond donors (Lipinski definition) is 0. The Labute approximate surface area is 174 Å². The lowest BCUT2D eigenvalue weighted by atomic mass is 10.2. The number of fused-ring (bicyclic) bond motifs is 1. The van der Waals surface area contributed by atoms with Gasteiger partial charge in [-0.2, -0.15) is 0 Å². The normalized spacial score (nSPS) is 11.1. The Morgan fingerprint density at radius 2 is 1.52 bits per heavy atom. The van der Waals surface area contributed by atoms with Crippen molar-refractivity contribution in [1.82, 2.24) is 9.55 Å². The highest BCUT2D eigenvalue weighted by Crippen LogP contribution is 2.20. The number of rotatable bonds is 5. The summed E-state index contributed by atoms with van der Waals surface area (Å²) >= 11 is 0. The van der Waals surface area contributed by atoms with Gasteiger partial charge in [0.1, 0.15) is 5.82 Å². The van der Waals surface area contributed by atoms with E-state index in [2.05, 4.69) is 4.98 Å². The minimum Gasteiger partial charge on any atom is -0.268 e. The molecule has 0 radical (unpaired) electrons. The molecule has 9 nitrogen and oxygen atoms in total. The lowest BCUT2D eigenvalue weighted by molar-refractivity contribution is -0.385. The molecule has 0 aliphatic heterocycles. The molecular formula is C22H14N4O5. The molecule has 0 spiro atoms. The van der Waals surface area contributed by atoms with Crippen LogP contribution in [0.1, 0.15) is 11.4 Å². The van der Waals surface area contributed by atoms with Gasteiger partial charge in [-0.3, -0.25) is 29.6 Å². The van der Waals surface area contributed by atoms with E-state index in [1.807, 2.05) is 0 Å². The summed E-state index contributed by atoms with van der Waals surface area (Å²) in [7, 11) is 0. The van der Waals surface area contributed by atoms with Crippen molar-refractivity contribution in [3.05, 3.63) is 115 Å². The Kier molecular flexibility index (Phi) is 5.07. The molecule has 0 atom stereocenters. The maximum absolute atomic E-state index is 13.2. The van der Waals surface area contributed by atoms with Gasteiger partial charge in [0.05, 0.1) is 26.4 Å². The van der Waals surface area contributed by atoms with Crippen LogP contribution < -0.4 is 5.56 Å². The first kappa shape index (κ1) is 19.6. The highest BCUT2D eigenvalue weighted by atomic mass is 16.6. The SMILES string of the molecule is O=c1c2ccccc2nc(/C=C/c2ccc([N+](=O)[O-])cc2)n1-c1cccc([N+](=O)[O-])c1. The second-order valence-corrected chi connectivity index (χ2v) is 6.59. The van der Waals surface area contributed by atoms with E-state index in [-0.39, 0.29) is 22.8 Å². The monoisotopic (exact) mass is 414 g/mol. The van der Waals surface area contributed by atoms with Crippen molar-refractivity contribution in [2.45, 2.75) is 0 Å². The van der Waals surface area contributed by atoms with Crippen LogP contribution in [-0.4, -0.2) is 19.4 Å². The summed E-state index contributed by atoms with van der Waals surface area (Å²) < 4.78 is 1.30. The zero-order valence-corrected chi connectivity index (χ0v) is 15.9. The summed E-state index contributed by atoms with van der Waals surface area (Å²) in [5.41, 5.74) is 0.906. The zero-order valence-electron chi connectivity index (χ0n) is 15.9. The van der Waals surface area contributed by atoms with E-state index in [0.29, 0.717) is 22.2 Å². The predicted molar refractivity (Wildman–Crippen MR) is 116 cm³/mol. The molecule has 0 aliphatic carbocycles. The number of aromatic nitrogens is 2. The van der Waals surface area contributed by atoms with Crippen molar-refractivity contribution in [3.8, 4) is 5.69 Å². The van der Waals surface area contributed by atoms with E-state index in [1.165, 1.54) is 34.9 Å². The topological polar surface area (TPSA) is 121 Å². The smallest absolute Gasteiger partial charge is 0.268 e. The lowest BCUT2D eigenvalue weighted by Gasteiger charge is -2.11. The first-order valence-electron chi connectivity index (χ1n) is 9.13. The highest BCUT2D eigenvalue weighted by molar-refractivity contribution is 5.80. The summed E-state index contributed by atoms with van der Waals surface area (Å²) in [6.07, 6.45) is 3.25. The lowest BCUT2D eigenvalue weighted by Crippen LogP contribution is -2.22. The van der Waals surface area contributed by atoms with Crippen LogP contribution in [-0.2, 0) is 0 Å². The maximum Gasteiger partial charge on any atom is 0.271 e. The fraction of sp³-hybridized carbons (Fsp3) is 0. The Morgan fingerprint density at radius 1 is 0.806 bits per heavy atom.